The Morgan fingerprint density at radius 3 is 2.42 bits per heavy atom. The minimum atomic E-state index is -0.794. The van der Waals surface area contributed by atoms with Crippen LogP contribution in [0.15, 0.2) is 39.0 Å². The fourth-order valence-corrected chi connectivity index (χ4v) is 0.879. The first-order valence-electron chi connectivity index (χ1n) is 3.15. The maximum absolute atomic E-state index is 10.2. The summed E-state index contributed by atoms with van der Waals surface area (Å²) in [6.07, 6.45) is 0. The van der Waals surface area contributed by atoms with Crippen LogP contribution in [-0.2, 0) is 0 Å². The van der Waals surface area contributed by atoms with Gasteiger partial charge in [0.05, 0.1) is 5.69 Å². The van der Waals surface area contributed by atoms with Gasteiger partial charge in [0.15, 0.2) is 0 Å². The molecule has 4 nitrogen and oxygen atoms in total. The van der Waals surface area contributed by atoms with Crippen LogP contribution >= 0.6 is 15.9 Å². The van der Waals surface area contributed by atoms with Crippen molar-refractivity contribution >= 4 is 27.6 Å². The number of urea groups is 1. The molecule has 2 N–H and O–H groups in total. The van der Waals surface area contributed by atoms with Gasteiger partial charge in [0.25, 0.3) is 0 Å². The van der Waals surface area contributed by atoms with E-state index in [4.69, 9.17) is 5.73 Å². The van der Waals surface area contributed by atoms with Crippen molar-refractivity contribution < 1.29 is 4.79 Å². The molecule has 0 bridgehead atoms. The molecule has 0 aromatic heterocycles. The molecular formula is C7H6BrN3O. The molecule has 0 aliphatic carbocycles. The Morgan fingerprint density at radius 2 is 1.92 bits per heavy atom. The van der Waals surface area contributed by atoms with Gasteiger partial charge in [-0.15, -0.1) is 5.11 Å². The molecule has 0 atom stereocenters. The summed E-state index contributed by atoms with van der Waals surface area (Å²) >= 11 is 3.26. The van der Waals surface area contributed by atoms with Gasteiger partial charge in [-0.1, -0.05) is 21.0 Å². The van der Waals surface area contributed by atoms with Crippen molar-refractivity contribution in [3.05, 3.63) is 28.7 Å². The molecule has 0 saturated carbocycles. The van der Waals surface area contributed by atoms with E-state index in [1.165, 1.54) is 0 Å². The first kappa shape index (κ1) is 8.86. The number of nitrogens with zero attached hydrogens (tertiary/aromatic N) is 2. The number of halogens is 1. The highest BCUT2D eigenvalue weighted by Crippen LogP contribution is 2.16. The fraction of sp³-hybridized carbons (Fsp3) is 0. The summed E-state index contributed by atoms with van der Waals surface area (Å²) in [6.45, 7) is 0. The number of amides is 2. The van der Waals surface area contributed by atoms with E-state index in [9.17, 15) is 4.79 Å². The predicted octanol–water partition coefficient (Wildman–Crippen LogP) is 2.61. The minimum absolute atomic E-state index is 0.594. The molecule has 1 aromatic carbocycles. The van der Waals surface area contributed by atoms with Crippen LogP contribution < -0.4 is 5.73 Å². The summed E-state index contributed by atoms with van der Waals surface area (Å²) in [7, 11) is 0. The second kappa shape index (κ2) is 3.96. The number of carbonyl (C=O) groups excluding carboxylic acids is 1. The zero-order valence-electron chi connectivity index (χ0n) is 6.07. The SMILES string of the molecule is NC(=O)N=Nc1ccc(Br)cc1. The molecule has 0 unspecified atom stereocenters. The number of rotatable bonds is 1. The largest absolute Gasteiger partial charge is 0.356 e. The number of hydrogen-bond donors (Lipinski definition) is 1. The number of hydrogen-bond acceptors (Lipinski definition) is 2. The molecule has 0 spiro atoms. The van der Waals surface area contributed by atoms with E-state index in [0.29, 0.717) is 5.69 Å². The Balaban J connectivity index is 2.77. The molecular weight excluding hydrogens is 222 g/mol. The zero-order chi connectivity index (χ0) is 8.97. The van der Waals surface area contributed by atoms with E-state index < -0.39 is 6.03 Å². The Morgan fingerprint density at radius 1 is 1.33 bits per heavy atom. The van der Waals surface area contributed by atoms with Crippen molar-refractivity contribution in [1.29, 1.82) is 0 Å². The molecule has 0 aliphatic heterocycles. The highest BCUT2D eigenvalue weighted by atomic mass is 79.9. The number of carbonyl (C=O) groups is 1. The topological polar surface area (TPSA) is 67.8 Å². The van der Waals surface area contributed by atoms with Crippen molar-refractivity contribution in [3.63, 3.8) is 0 Å². The van der Waals surface area contributed by atoms with Gasteiger partial charge in [-0.2, -0.15) is 0 Å². The van der Waals surface area contributed by atoms with Crippen LogP contribution in [0.4, 0.5) is 10.5 Å². The van der Waals surface area contributed by atoms with E-state index in [1.807, 2.05) is 0 Å². The maximum Gasteiger partial charge on any atom is 0.356 e. The monoisotopic (exact) mass is 227 g/mol. The van der Waals surface area contributed by atoms with E-state index in [2.05, 4.69) is 26.2 Å². The quantitative estimate of drug-likeness (QED) is 0.737. The summed E-state index contributed by atoms with van der Waals surface area (Å²) in [5.41, 5.74) is 5.36. The lowest BCUT2D eigenvalue weighted by molar-refractivity contribution is 0.255. The van der Waals surface area contributed by atoms with Crippen LogP contribution in [0.2, 0.25) is 0 Å². The number of primary amides is 1. The van der Waals surface area contributed by atoms with Crippen LogP contribution in [0.3, 0.4) is 0 Å². The van der Waals surface area contributed by atoms with E-state index >= 15 is 0 Å². The van der Waals surface area contributed by atoms with Crippen molar-refractivity contribution in [1.82, 2.24) is 0 Å². The Labute approximate surface area is 77.6 Å². The second-order valence-electron chi connectivity index (χ2n) is 2.01. The molecule has 12 heavy (non-hydrogen) atoms. The van der Waals surface area contributed by atoms with Crippen LogP contribution in [0, 0.1) is 0 Å². The van der Waals surface area contributed by atoms with Crippen molar-refractivity contribution in [2.24, 2.45) is 16.0 Å². The molecule has 0 fully saturated rings. The number of benzene rings is 1. The lowest BCUT2D eigenvalue weighted by Crippen LogP contribution is -2.01. The highest BCUT2D eigenvalue weighted by Gasteiger charge is 1.90. The molecule has 2 amide bonds. The van der Waals surface area contributed by atoms with Gasteiger partial charge in [-0.05, 0) is 24.3 Å². The summed E-state index contributed by atoms with van der Waals surface area (Å²) in [4.78, 5) is 10.2. The molecule has 1 rings (SSSR count). The summed E-state index contributed by atoms with van der Waals surface area (Å²) < 4.78 is 0.945. The molecule has 1 aromatic rings. The lowest BCUT2D eigenvalue weighted by atomic mass is 10.3. The van der Waals surface area contributed by atoms with Crippen molar-refractivity contribution in [2.75, 3.05) is 0 Å². The molecule has 0 radical (unpaired) electrons. The average Bonchev–Trinajstić information content (AvgIpc) is 2.03. The lowest BCUT2D eigenvalue weighted by Gasteiger charge is -1.90. The molecule has 0 heterocycles. The zero-order valence-corrected chi connectivity index (χ0v) is 7.65. The van der Waals surface area contributed by atoms with Crippen molar-refractivity contribution in [2.45, 2.75) is 0 Å². The number of nitrogens with two attached hydrogens (primary N) is 1. The average molecular weight is 228 g/mol. The third kappa shape index (κ3) is 2.79. The van der Waals surface area contributed by atoms with Gasteiger partial charge in [0, 0.05) is 4.47 Å². The standard InChI is InChI=1S/C7H6BrN3O/c8-5-1-3-6(4-2-5)10-11-7(9)12/h1-4H,(H2,9,12). The first-order chi connectivity index (χ1) is 5.68. The van der Waals surface area contributed by atoms with Crippen LogP contribution in [-0.4, -0.2) is 6.03 Å². The first-order valence-corrected chi connectivity index (χ1v) is 3.94. The van der Waals surface area contributed by atoms with Gasteiger partial charge in [0.2, 0.25) is 0 Å². The van der Waals surface area contributed by atoms with E-state index in [0.717, 1.165) is 4.47 Å². The fourth-order valence-electron chi connectivity index (χ4n) is 0.615. The summed E-state index contributed by atoms with van der Waals surface area (Å²) in [6, 6.07) is 6.25. The third-order valence-electron chi connectivity index (χ3n) is 1.09. The summed E-state index contributed by atoms with van der Waals surface area (Å²) in [5, 5.41) is 6.75. The predicted molar refractivity (Wildman–Crippen MR) is 48.2 cm³/mol. The normalized spacial score (nSPS) is 10.4. The van der Waals surface area contributed by atoms with Gasteiger partial charge >= 0.3 is 6.03 Å². The Kier molecular flexibility index (Phi) is 2.93. The smallest absolute Gasteiger partial charge is 0.348 e. The van der Waals surface area contributed by atoms with Crippen LogP contribution in [0.1, 0.15) is 0 Å². The Hall–Kier alpha value is -1.23. The molecule has 0 aliphatic rings. The van der Waals surface area contributed by atoms with Crippen LogP contribution in [0.25, 0.3) is 0 Å². The van der Waals surface area contributed by atoms with Crippen LogP contribution in [0.5, 0.6) is 0 Å². The van der Waals surface area contributed by atoms with E-state index in [1.54, 1.807) is 24.3 Å². The molecule has 0 saturated heterocycles. The van der Waals surface area contributed by atoms with E-state index in [-0.39, 0.29) is 0 Å². The maximum atomic E-state index is 10.2. The molecule has 62 valence electrons. The van der Waals surface area contributed by atoms with Gasteiger partial charge < -0.3 is 5.73 Å². The highest BCUT2D eigenvalue weighted by molar-refractivity contribution is 9.10. The minimum Gasteiger partial charge on any atom is -0.348 e. The third-order valence-corrected chi connectivity index (χ3v) is 1.62. The Bertz CT molecular complexity index is 307. The molecule has 5 heteroatoms. The van der Waals surface area contributed by atoms with Gasteiger partial charge in [-0.3, -0.25) is 0 Å². The summed E-state index contributed by atoms with van der Waals surface area (Å²) in [5.74, 6) is 0. The van der Waals surface area contributed by atoms with Gasteiger partial charge in [-0.25, -0.2) is 4.79 Å². The van der Waals surface area contributed by atoms with Crippen molar-refractivity contribution in [3.8, 4) is 0 Å². The number of azo groups is 1. The second-order valence-corrected chi connectivity index (χ2v) is 2.93. The van der Waals surface area contributed by atoms with Gasteiger partial charge in [0.1, 0.15) is 0 Å².